The maximum Gasteiger partial charge on any atom is 0.293 e. The van der Waals surface area contributed by atoms with E-state index in [4.69, 9.17) is 49.6 Å². The molecule has 0 amide bonds. The number of anilines is 4. The number of benzene rings is 2. The summed E-state index contributed by atoms with van der Waals surface area (Å²) in [6.45, 7) is 19.3. The lowest BCUT2D eigenvalue weighted by Crippen LogP contribution is -2.13. The number of hydrogen-bond acceptors (Lipinski definition) is 19. The molecule has 0 saturated heterocycles. The molecule has 6 heterocycles. The van der Waals surface area contributed by atoms with Crippen molar-refractivity contribution in [2.45, 2.75) is 98.4 Å². The molecule has 0 spiro atoms. The van der Waals surface area contributed by atoms with Crippen LogP contribution in [0.1, 0.15) is 129 Å². The number of aromatic nitrogens is 14. The van der Waals surface area contributed by atoms with Gasteiger partial charge < -0.3 is 25.4 Å². The van der Waals surface area contributed by atoms with Crippen LogP contribution in [0.5, 0.6) is 0 Å². The van der Waals surface area contributed by atoms with Gasteiger partial charge in [0.15, 0.2) is 11.6 Å². The largest absolute Gasteiger partial charge is 0.338 e. The van der Waals surface area contributed by atoms with Gasteiger partial charge in [-0.15, -0.1) is 12.4 Å². The van der Waals surface area contributed by atoms with Crippen LogP contribution in [-0.2, 0) is 24.9 Å². The number of nitrogens with zero attached hydrogens (tertiary/aromatic N) is 14. The molecule has 0 radical (unpaired) electrons. The van der Waals surface area contributed by atoms with Crippen LogP contribution in [-0.4, -0.2) is 80.8 Å². The Morgan fingerprint density at radius 3 is 1.50 bits per heavy atom. The number of hydrogen-bond donors (Lipinski definition) is 3. The summed E-state index contributed by atoms with van der Waals surface area (Å²) in [5, 5.41) is 22.2. The van der Waals surface area contributed by atoms with Crippen LogP contribution in [0.3, 0.4) is 0 Å². The second-order valence-electron chi connectivity index (χ2n) is 18.5. The van der Waals surface area contributed by atoms with E-state index < -0.39 is 5.24 Å². The van der Waals surface area contributed by atoms with Crippen molar-refractivity contribution in [2.75, 3.05) is 10.6 Å². The fourth-order valence-electron chi connectivity index (χ4n) is 6.56. The molecule has 2 atom stereocenters. The Bertz CT molecular complexity index is 3150. The molecule has 8 aromatic rings. The van der Waals surface area contributed by atoms with Crippen LogP contribution < -0.4 is 16.4 Å². The summed E-state index contributed by atoms with van der Waals surface area (Å²) in [4.78, 5) is 57.3. The zero-order valence-corrected chi connectivity index (χ0v) is 44.7. The lowest BCUT2D eigenvalue weighted by atomic mass is 9.92. The van der Waals surface area contributed by atoms with Gasteiger partial charge in [-0.1, -0.05) is 106 Å². The molecule has 0 fully saturated rings. The monoisotopic (exact) mass is 1060 g/mol. The fraction of sp³-hybridized carbons (Fsp3) is 0.362. The van der Waals surface area contributed by atoms with E-state index in [2.05, 4.69) is 71.0 Å². The molecule has 0 aliphatic carbocycles. The Morgan fingerprint density at radius 1 is 0.681 bits per heavy atom. The second kappa shape index (κ2) is 23.6. The first kappa shape index (κ1) is 56.1. The van der Waals surface area contributed by atoms with E-state index in [-0.39, 0.29) is 59.0 Å². The minimum absolute atomic E-state index is 0. The van der Waals surface area contributed by atoms with Crippen molar-refractivity contribution in [3.05, 3.63) is 117 Å². The number of carbonyl (C=O) groups is 2. The molecule has 25 heteroatoms. The van der Waals surface area contributed by atoms with Gasteiger partial charge in [-0.05, 0) is 60.5 Å². The van der Waals surface area contributed by atoms with Gasteiger partial charge in [-0.25, -0.2) is 19.9 Å². The zero-order chi connectivity index (χ0) is 51.9. The van der Waals surface area contributed by atoms with Crippen molar-refractivity contribution in [1.29, 1.82) is 0 Å². The van der Waals surface area contributed by atoms with E-state index in [0.29, 0.717) is 45.4 Å². The van der Waals surface area contributed by atoms with Crippen molar-refractivity contribution in [1.82, 2.24) is 69.7 Å². The van der Waals surface area contributed by atoms with Gasteiger partial charge in [0.05, 0.1) is 23.8 Å². The Kier molecular flexibility index (Phi) is 18.4. The summed E-state index contributed by atoms with van der Waals surface area (Å²) in [6.07, 6.45) is 10.1. The average molecular weight is 1060 g/mol. The highest BCUT2D eigenvalue weighted by atomic mass is 35.5. The van der Waals surface area contributed by atoms with Crippen LogP contribution in [0.4, 0.5) is 23.3 Å². The molecule has 0 bridgehead atoms. The summed E-state index contributed by atoms with van der Waals surface area (Å²) in [6, 6.07) is 7.52. The van der Waals surface area contributed by atoms with E-state index in [9.17, 15) is 9.59 Å². The maximum absolute atomic E-state index is 12.8. The molecule has 0 aliphatic heterocycles. The highest BCUT2D eigenvalue weighted by Gasteiger charge is 2.27. The highest BCUT2D eigenvalue weighted by Crippen LogP contribution is 2.36. The van der Waals surface area contributed by atoms with Crippen molar-refractivity contribution in [2.24, 2.45) is 19.8 Å². The fourth-order valence-corrected chi connectivity index (χ4v) is 7.32. The molecule has 6 aromatic heterocycles. The second-order valence-corrected chi connectivity index (χ2v) is 19.6. The van der Waals surface area contributed by atoms with Crippen molar-refractivity contribution in [3.8, 4) is 22.8 Å². The summed E-state index contributed by atoms with van der Waals surface area (Å²) in [5.41, 5.74) is 12.0. The van der Waals surface area contributed by atoms with Crippen LogP contribution in [0.2, 0.25) is 10.0 Å². The smallest absolute Gasteiger partial charge is 0.293 e. The topological polar surface area (TPSA) is 275 Å². The number of rotatable bonds is 12. The third kappa shape index (κ3) is 14.2. The zero-order valence-electron chi connectivity index (χ0n) is 41.6. The van der Waals surface area contributed by atoms with Gasteiger partial charge in [0.25, 0.3) is 11.1 Å². The first-order valence-electron chi connectivity index (χ1n) is 22.0. The number of nitrogens with one attached hydrogen (secondary N) is 2. The molecule has 0 unspecified atom stereocenters. The molecule has 0 saturated carbocycles. The molecule has 380 valence electrons. The number of carbonyl (C=O) groups excluding carboxylic acids is 2. The van der Waals surface area contributed by atoms with Crippen LogP contribution in [0.25, 0.3) is 22.8 Å². The van der Waals surface area contributed by atoms with Crippen molar-refractivity contribution < 1.29 is 18.6 Å². The Balaban J connectivity index is 0.000000224. The third-order valence-corrected chi connectivity index (χ3v) is 11.6. The summed E-state index contributed by atoms with van der Waals surface area (Å²) >= 11 is 18.3. The van der Waals surface area contributed by atoms with E-state index in [0.717, 1.165) is 44.8 Å². The number of ketones is 1. The normalized spacial score (nSPS) is 12.1. The summed E-state index contributed by atoms with van der Waals surface area (Å²) in [5.74, 6) is 2.38. The van der Waals surface area contributed by atoms with Gasteiger partial charge in [-0.3, -0.25) is 19.0 Å². The van der Waals surface area contributed by atoms with Crippen LogP contribution >= 0.6 is 47.2 Å². The average Bonchev–Trinajstić information content (AvgIpc) is 4.15. The van der Waals surface area contributed by atoms with Crippen molar-refractivity contribution >= 4 is 81.5 Å². The molecule has 0 aliphatic rings. The van der Waals surface area contributed by atoms with E-state index in [1.807, 2.05) is 120 Å². The van der Waals surface area contributed by atoms with E-state index in [1.54, 1.807) is 21.8 Å². The molecule has 4 N–H and O–H groups in total. The number of aryl methyl sites for hydroxylation is 2. The van der Waals surface area contributed by atoms with Gasteiger partial charge in [0.2, 0.25) is 35.3 Å². The maximum atomic E-state index is 12.8. The lowest BCUT2D eigenvalue weighted by Gasteiger charge is -2.16. The summed E-state index contributed by atoms with van der Waals surface area (Å²) in [7, 11) is 3.67. The third-order valence-electron chi connectivity index (χ3n) is 10.5. The Labute approximate surface area is 437 Å². The molecule has 8 rings (SSSR count). The lowest BCUT2D eigenvalue weighted by molar-refractivity contribution is 0.0962. The minimum atomic E-state index is -0.700. The van der Waals surface area contributed by atoms with E-state index in [1.165, 1.54) is 12.7 Å². The quantitative estimate of drug-likeness (QED) is 0.0757. The number of Topliss-reactive ketones (excluding diaryl/α,β-unsaturated/α-hetero) is 1. The minimum Gasteiger partial charge on any atom is -0.338 e. The predicted octanol–water partition coefficient (Wildman–Crippen LogP) is 10.2. The molecule has 2 aromatic carbocycles. The van der Waals surface area contributed by atoms with Gasteiger partial charge in [0, 0.05) is 71.0 Å². The Morgan fingerprint density at radius 2 is 1.11 bits per heavy atom. The predicted molar refractivity (Wildman–Crippen MR) is 276 cm³/mol. The Hall–Kier alpha value is -6.78. The molecular weight excluding hydrogens is 1010 g/mol. The van der Waals surface area contributed by atoms with Crippen molar-refractivity contribution in [3.63, 3.8) is 0 Å². The number of nitrogens with two attached hydrogens (primary N) is 1. The molecule has 21 nitrogen and oxygen atoms in total. The first-order chi connectivity index (χ1) is 33.4. The van der Waals surface area contributed by atoms with Crippen LogP contribution in [0, 0.1) is 13.8 Å². The standard InChI is InChI=1S/C24H27ClN8O2.C16H18ClN7.C7H9ClN2O2.ClH/c1-13(9-18(34)21-30-22(35-32-21)24(3,4)5)16-7-8-17(14(2)19(16)25)20-26-12-27-23(31-20)29-15-10-28-33(6)11-15;1-9-12(4-5-13(10(2)18)14(9)17)15-19-8-20-16(23-15)22-11-6-21-24(3)7-11;1-7(2,3)6-9-5(4(8)11)10-12-6;/h7-8,10-13H,9H2,1-6H3,(H,26,27,29,31);4-8,10H,18H2,1-3H3,(H,19,20,22,23);1-3H3;1H/t13-;10-;;/m01../s1. The van der Waals surface area contributed by atoms with Gasteiger partial charge in [0.1, 0.15) is 12.7 Å². The summed E-state index contributed by atoms with van der Waals surface area (Å²) < 4.78 is 13.5. The highest BCUT2D eigenvalue weighted by molar-refractivity contribution is 6.67. The van der Waals surface area contributed by atoms with Gasteiger partial charge >= 0.3 is 0 Å². The number of halogens is 4. The SMILES string of the molecule is CC(C)(C)c1nc(C(=O)Cl)no1.Cc1c(-c2ncnc(Nc3cnn(C)c3)n2)ccc([C@@H](C)CC(=O)c2noc(C(C)(C)C)n2)c1Cl.Cc1c(-c2ncnc(Nc3cnn(C)c3)n2)ccc([C@@H](C)N)c1Cl.Cl. The van der Waals surface area contributed by atoms with E-state index >= 15 is 0 Å². The first-order valence-corrected chi connectivity index (χ1v) is 23.2. The molecular formula is C47H55Cl4N17O4. The van der Waals surface area contributed by atoms with Crippen LogP contribution in [0.15, 0.2) is 70.8 Å². The molecule has 72 heavy (non-hydrogen) atoms. The van der Waals surface area contributed by atoms with Gasteiger partial charge in [-0.2, -0.15) is 30.1 Å².